The molecule has 0 saturated heterocycles. The Labute approximate surface area is 126 Å². The number of amides is 1. The van der Waals surface area contributed by atoms with Crippen molar-refractivity contribution in [3.63, 3.8) is 0 Å². The first-order chi connectivity index (χ1) is 10.1. The summed E-state index contributed by atoms with van der Waals surface area (Å²) in [5.41, 5.74) is 6.71. The van der Waals surface area contributed by atoms with Gasteiger partial charge in [-0.25, -0.2) is 0 Å². The molecule has 1 amide bonds. The SMILES string of the molecule is COc1ccc(NC(=O)COc2cncc(Cl)c2)c(N)c1. The largest absolute Gasteiger partial charge is 0.497 e. The second-order valence-electron chi connectivity index (χ2n) is 4.13. The number of carbonyl (C=O) groups is 1. The van der Waals surface area contributed by atoms with E-state index in [-0.39, 0.29) is 12.5 Å². The monoisotopic (exact) mass is 307 g/mol. The molecule has 110 valence electrons. The minimum absolute atomic E-state index is 0.173. The van der Waals surface area contributed by atoms with Crippen molar-refractivity contribution in [1.29, 1.82) is 0 Å². The molecule has 6 nitrogen and oxygen atoms in total. The average Bonchev–Trinajstić information content (AvgIpc) is 2.47. The molecule has 0 aliphatic carbocycles. The summed E-state index contributed by atoms with van der Waals surface area (Å²) in [6.45, 7) is -0.173. The number of ether oxygens (including phenoxy) is 2. The van der Waals surface area contributed by atoms with E-state index in [1.54, 1.807) is 31.4 Å². The number of anilines is 2. The van der Waals surface area contributed by atoms with Crippen LogP contribution in [0.25, 0.3) is 0 Å². The van der Waals surface area contributed by atoms with Crippen LogP contribution in [0.3, 0.4) is 0 Å². The van der Waals surface area contributed by atoms with Gasteiger partial charge in [0.15, 0.2) is 6.61 Å². The molecule has 7 heteroatoms. The summed E-state index contributed by atoms with van der Waals surface area (Å²) in [5, 5.41) is 3.09. The summed E-state index contributed by atoms with van der Waals surface area (Å²) in [6.07, 6.45) is 2.95. The minimum Gasteiger partial charge on any atom is -0.497 e. The summed E-state index contributed by atoms with van der Waals surface area (Å²) >= 11 is 5.77. The topological polar surface area (TPSA) is 86.5 Å². The Morgan fingerprint density at radius 2 is 2.14 bits per heavy atom. The summed E-state index contributed by atoms with van der Waals surface area (Å²) in [7, 11) is 1.54. The van der Waals surface area contributed by atoms with Crippen molar-refractivity contribution < 1.29 is 14.3 Å². The molecular formula is C14H14ClN3O3. The molecule has 21 heavy (non-hydrogen) atoms. The van der Waals surface area contributed by atoms with E-state index in [1.165, 1.54) is 12.4 Å². The smallest absolute Gasteiger partial charge is 0.262 e. The number of hydrogen-bond donors (Lipinski definition) is 2. The van der Waals surface area contributed by atoms with Crippen LogP contribution in [0.15, 0.2) is 36.7 Å². The van der Waals surface area contributed by atoms with E-state index in [1.807, 2.05) is 0 Å². The van der Waals surface area contributed by atoms with Crippen molar-refractivity contribution in [3.8, 4) is 11.5 Å². The van der Waals surface area contributed by atoms with Gasteiger partial charge < -0.3 is 20.5 Å². The Morgan fingerprint density at radius 3 is 2.81 bits per heavy atom. The minimum atomic E-state index is -0.341. The molecule has 0 aliphatic rings. The fourth-order valence-corrected chi connectivity index (χ4v) is 1.75. The molecule has 0 unspecified atom stereocenters. The standard InChI is InChI=1S/C14H14ClN3O3/c1-20-10-2-3-13(12(16)5-10)18-14(19)8-21-11-4-9(15)6-17-7-11/h2-7H,8,16H2,1H3,(H,18,19). The third-order valence-corrected chi connectivity index (χ3v) is 2.79. The first kappa shape index (κ1) is 14.9. The molecule has 1 aromatic heterocycles. The predicted molar refractivity (Wildman–Crippen MR) is 80.8 cm³/mol. The first-order valence-electron chi connectivity index (χ1n) is 6.05. The number of rotatable bonds is 5. The van der Waals surface area contributed by atoms with Gasteiger partial charge in [0.05, 0.1) is 29.7 Å². The first-order valence-corrected chi connectivity index (χ1v) is 6.43. The van der Waals surface area contributed by atoms with Crippen molar-refractivity contribution in [2.75, 3.05) is 24.8 Å². The molecule has 0 fully saturated rings. The molecule has 0 radical (unpaired) electrons. The highest BCUT2D eigenvalue weighted by Gasteiger charge is 2.07. The number of pyridine rings is 1. The Hall–Kier alpha value is -2.47. The summed E-state index contributed by atoms with van der Waals surface area (Å²) in [5.74, 6) is 0.693. The molecule has 3 N–H and O–H groups in total. The number of carbonyl (C=O) groups excluding carboxylic acids is 1. The zero-order valence-corrected chi connectivity index (χ0v) is 12.1. The highest BCUT2D eigenvalue weighted by Crippen LogP contribution is 2.24. The van der Waals surface area contributed by atoms with Crippen LogP contribution in [0.1, 0.15) is 0 Å². The number of hydrogen-bond acceptors (Lipinski definition) is 5. The van der Waals surface area contributed by atoms with Gasteiger partial charge in [-0.2, -0.15) is 0 Å². The van der Waals surface area contributed by atoms with Crippen LogP contribution in [-0.4, -0.2) is 24.6 Å². The molecule has 0 atom stereocenters. The van der Waals surface area contributed by atoms with Crippen molar-refractivity contribution in [3.05, 3.63) is 41.7 Å². The average molecular weight is 308 g/mol. The maximum absolute atomic E-state index is 11.8. The lowest BCUT2D eigenvalue weighted by Crippen LogP contribution is -2.20. The molecule has 1 heterocycles. The van der Waals surface area contributed by atoms with Crippen LogP contribution in [0.4, 0.5) is 11.4 Å². The quantitative estimate of drug-likeness (QED) is 0.828. The van der Waals surface area contributed by atoms with E-state index in [0.717, 1.165) is 0 Å². The number of nitrogens with zero attached hydrogens (tertiary/aromatic N) is 1. The van der Waals surface area contributed by atoms with Crippen LogP contribution in [0.5, 0.6) is 11.5 Å². The third kappa shape index (κ3) is 4.25. The highest BCUT2D eigenvalue weighted by molar-refractivity contribution is 6.30. The Morgan fingerprint density at radius 1 is 1.33 bits per heavy atom. The van der Waals surface area contributed by atoms with Gasteiger partial charge >= 0.3 is 0 Å². The summed E-state index contributed by atoms with van der Waals surface area (Å²) in [6, 6.07) is 6.56. The van der Waals surface area contributed by atoms with Gasteiger partial charge in [-0.3, -0.25) is 9.78 Å². The maximum atomic E-state index is 11.8. The zero-order chi connectivity index (χ0) is 15.2. The number of aromatic nitrogens is 1. The van der Waals surface area contributed by atoms with Gasteiger partial charge in [-0.15, -0.1) is 0 Å². The van der Waals surface area contributed by atoms with Crippen LogP contribution in [0, 0.1) is 0 Å². The number of methoxy groups -OCH3 is 1. The van der Waals surface area contributed by atoms with E-state index in [9.17, 15) is 4.79 Å². The van der Waals surface area contributed by atoms with Crippen molar-refractivity contribution >= 4 is 28.9 Å². The second kappa shape index (κ2) is 6.81. The molecule has 1 aromatic carbocycles. The van der Waals surface area contributed by atoms with E-state index < -0.39 is 0 Å². The third-order valence-electron chi connectivity index (χ3n) is 2.58. The van der Waals surface area contributed by atoms with Crippen LogP contribution in [-0.2, 0) is 4.79 Å². The molecule has 2 rings (SSSR count). The lowest BCUT2D eigenvalue weighted by Gasteiger charge is -2.10. The number of nitrogens with one attached hydrogen (secondary N) is 1. The Balaban J connectivity index is 1.93. The van der Waals surface area contributed by atoms with Crippen molar-refractivity contribution in [2.45, 2.75) is 0 Å². The maximum Gasteiger partial charge on any atom is 0.262 e. The molecule has 0 bridgehead atoms. The molecule has 2 aromatic rings. The normalized spacial score (nSPS) is 10.0. The number of nitrogens with two attached hydrogens (primary N) is 1. The molecular weight excluding hydrogens is 294 g/mol. The van der Waals surface area contributed by atoms with Gasteiger partial charge in [0.1, 0.15) is 11.5 Å². The van der Waals surface area contributed by atoms with E-state index >= 15 is 0 Å². The van der Waals surface area contributed by atoms with E-state index in [0.29, 0.717) is 27.9 Å². The summed E-state index contributed by atoms with van der Waals surface area (Å²) in [4.78, 5) is 15.7. The van der Waals surface area contributed by atoms with E-state index in [2.05, 4.69) is 10.3 Å². The number of halogens is 1. The summed E-state index contributed by atoms with van der Waals surface area (Å²) < 4.78 is 10.3. The van der Waals surface area contributed by atoms with Crippen LogP contribution < -0.4 is 20.5 Å². The number of benzene rings is 1. The van der Waals surface area contributed by atoms with Crippen molar-refractivity contribution in [1.82, 2.24) is 4.98 Å². The molecule has 0 saturated carbocycles. The predicted octanol–water partition coefficient (Wildman–Crippen LogP) is 2.34. The van der Waals surface area contributed by atoms with E-state index in [4.69, 9.17) is 26.8 Å². The molecule has 0 aliphatic heterocycles. The van der Waals surface area contributed by atoms with Gasteiger partial charge in [-0.05, 0) is 12.1 Å². The lowest BCUT2D eigenvalue weighted by atomic mass is 10.2. The number of nitrogen functional groups attached to an aromatic ring is 1. The highest BCUT2D eigenvalue weighted by atomic mass is 35.5. The fourth-order valence-electron chi connectivity index (χ4n) is 1.59. The van der Waals surface area contributed by atoms with Crippen LogP contribution >= 0.6 is 11.6 Å². The van der Waals surface area contributed by atoms with Gasteiger partial charge in [-0.1, -0.05) is 11.6 Å². The second-order valence-corrected chi connectivity index (χ2v) is 4.57. The van der Waals surface area contributed by atoms with Crippen molar-refractivity contribution in [2.24, 2.45) is 0 Å². The zero-order valence-electron chi connectivity index (χ0n) is 11.3. The Bertz CT molecular complexity index is 649. The fraction of sp³-hybridized carbons (Fsp3) is 0.143. The Kier molecular flexibility index (Phi) is 4.84. The van der Waals surface area contributed by atoms with Crippen LogP contribution in [0.2, 0.25) is 5.02 Å². The van der Waals surface area contributed by atoms with Gasteiger partial charge in [0.2, 0.25) is 0 Å². The lowest BCUT2D eigenvalue weighted by molar-refractivity contribution is -0.118. The molecule has 0 spiro atoms. The van der Waals surface area contributed by atoms with Gasteiger partial charge in [0, 0.05) is 18.3 Å². The van der Waals surface area contributed by atoms with Gasteiger partial charge in [0.25, 0.3) is 5.91 Å².